The summed E-state index contributed by atoms with van der Waals surface area (Å²) in [7, 11) is 0. The van der Waals surface area contributed by atoms with Crippen LogP contribution in [0.4, 0.5) is 24.5 Å². The van der Waals surface area contributed by atoms with Crippen molar-refractivity contribution in [2.45, 2.75) is 0 Å². The van der Waals surface area contributed by atoms with Gasteiger partial charge in [0.25, 0.3) is 0 Å². The standard InChI is InChI=1S/C16H10F3N5O2/c17-11-1-2-12(14(19)13(11)18)23-16(26)15(25)22-9-7-21-24(8-9)10-3-5-20-6-4-10/h1-8H,(H,22,25)(H,23,26). The van der Waals surface area contributed by atoms with Gasteiger partial charge in [-0.05, 0) is 24.3 Å². The molecule has 0 radical (unpaired) electrons. The molecule has 0 fully saturated rings. The highest BCUT2D eigenvalue weighted by molar-refractivity contribution is 6.43. The van der Waals surface area contributed by atoms with Crippen LogP contribution in [-0.4, -0.2) is 26.6 Å². The topological polar surface area (TPSA) is 88.9 Å². The van der Waals surface area contributed by atoms with Crippen LogP contribution in [-0.2, 0) is 9.59 Å². The van der Waals surface area contributed by atoms with Gasteiger partial charge in [0.2, 0.25) is 0 Å². The normalized spacial score (nSPS) is 10.4. The highest BCUT2D eigenvalue weighted by Crippen LogP contribution is 2.19. The molecule has 2 aromatic heterocycles. The number of hydrogen-bond donors (Lipinski definition) is 2. The molecule has 3 aromatic rings. The third-order valence-corrected chi connectivity index (χ3v) is 3.26. The number of hydrogen-bond acceptors (Lipinski definition) is 4. The van der Waals surface area contributed by atoms with Crippen LogP contribution in [0.5, 0.6) is 0 Å². The molecule has 1 aromatic carbocycles. The summed E-state index contributed by atoms with van der Waals surface area (Å²) < 4.78 is 41.0. The number of halogens is 3. The van der Waals surface area contributed by atoms with E-state index in [1.165, 1.54) is 17.1 Å². The van der Waals surface area contributed by atoms with Crippen LogP contribution >= 0.6 is 0 Å². The Morgan fingerprint density at radius 2 is 1.62 bits per heavy atom. The number of anilines is 2. The fourth-order valence-corrected chi connectivity index (χ4v) is 2.01. The van der Waals surface area contributed by atoms with Crippen LogP contribution in [0.15, 0.2) is 49.1 Å². The van der Waals surface area contributed by atoms with Crippen LogP contribution in [0.3, 0.4) is 0 Å². The molecule has 0 aliphatic rings. The molecule has 2 N–H and O–H groups in total. The van der Waals surface area contributed by atoms with Crippen LogP contribution < -0.4 is 10.6 Å². The molecular formula is C16H10F3N5O2. The lowest BCUT2D eigenvalue weighted by Crippen LogP contribution is -2.29. The SMILES string of the molecule is O=C(Nc1cnn(-c2ccncc2)c1)C(=O)Nc1ccc(F)c(F)c1F. The lowest BCUT2D eigenvalue weighted by Gasteiger charge is -2.07. The Morgan fingerprint density at radius 1 is 0.923 bits per heavy atom. The van der Waals surface area contributed by atoms with Gasteiger partial charge in [0, 0.05) is 12.4 Å². The summed E-state index contributed by atoms with van der Waals surface area (Å²) in [5, 5.41) is 8.14. The summed E-state index contributed by atoms with van der Waals surface area (Å²) in [6, 6.07) is 4.79. The van der Waals surface area contributed by atoms with Crippen molar-refractivity contribution in [2.75, 3.05) is 10.6 Å². The number of carbonyl (C=O) groups excluding carboxylic acids is 2. The van der Waals surface area contributed by atoms with Gasteiger partial charge in [-0.15, -0.1) is 0 Å². The maximum atomic E-state index is 13.5. The average Bonchev–Trinajstić information content (AvgIpc) is 3.11. The number of aromatic nitrogens is 3. The number of nitrogens with zero attached hydrogens (tertiary/aromatic N) is 3. The van der Waals surface area contributed by atoms with Gasteiger partial charge in [0.15, 0.2) is 17.5 Å². The molecule has 0 spiro atoms. The second-order valence-electron chi connectivity index (χ2n) is 5.01. The van der Waals surface area contributed by atoms with Crippen LogP contribution in [0.2, 0.25) is 0 Å². The maximum absolute atomic E-state index is 13.5. The van der Waals surface area contributed by atoms with Gasteiger partial charge < -0.3 is 10.6 Å². The van der Waals surface area contributed by atoms with Crippen molar-refractivity contribution in [3.63, 3.8) is 0 Å². The Balaban J connectivity index is 1.68. The van der Waals surface area contributed by atoms with E-state index in [0.717, 1.165) is 6.07 Å². The predicted molar refractivity (Wildman–Crippen MR) is 84.9 cm³/mol. The van der Waals surface area contributed by atoms with Crippen LogP contribution in [0, 0.1) is 17.5 Å². The highest BCUT2D eigenvalue weighted by atomic mass is 19.2. The zero-order chi connectivity index (χ0) is 18.7. The second kappa shape index (κ2) is 7.05. The molecule has 0 aliphatic heterocycles. The molecule has 3 rings (SSSR count). The number of amides is 2. The van der Waals surface area contributed by atoms with Crippen molar-refractivity contribution in [3.05, 3.63) is 66.5 Å². The monoisotopic (exact) mass is 361 g/mol. The fourth-order valence-electron chi connectivity index (χ4n) is 2.01. The van der Waals surface area contributed by atoms with E-state index in [2.05, 4.69) is 15.4 Å². The Labute approximate surface area is 144 Å². The number of nitrogens with one attached hydrogen (secondary N) is 2. The van der Waals surface area contributed by atoms with Gasteiger partial charge in [0.1, 0.15) is 0 Å². The Morgan fingerprint density at radius 3 is 2.35 bits per heavy atom. The molecule has 0 bridgehead atoms. The van der Waals surface area contributed by atoms with E-state index in [1.807, 2.05) is 5.32 Å². The van der Waals surface area contributed by atoms with E-state index in [1.54, 1.807) is 24.5 Å². The molecular weight excluding hydrogens is 351 g/mol. The Hall–Kier alpha value is -3.69. The zero-order valence-electron chi connectivity index (χ0n) is 12.9. The summed E-state index contributed by atoms with van der Waals surface area (Å²) in [6.07, 6.45) is 5.85. The molecule has 0 saturated carbocycles. The van der Waals surface area contributed by atoms with Gasteiger partial charge in [-0.1, -0.05) is 0 Å². The van der Waals surface area contributed by atoms with Gasteiger partial charge >= 0.3 is 11.8 Å². The van der Waals surface area contributed by atoms with Crippen molar-refractivity contribution >= 4 is 23.2 Å². The van der Waals surface area contributed by atoms with E-state index in [0.29, 0.717) is 11.8 Å². The van der Waals surface area contributed by atoms with Crippen molar-refractivity contribution in [1.82, 2.24) is 14.8 Å². The van der Waals surface area contributed by atoms with Gasteiger partial charge in [-0.2, -0.15) is 5.10 Å². The van der Waals surface area contributed by atoms with Gasteiger partial charge in [0.05, 0.1) is 29.5 Å². The highest BCUT2D eigenvalue weighted by Gasteiger charge is 2.19. The molecule has 2 amide bonds. The third-order valence-electron chi connectivity index (χ3n) is 3.26. The minimum atomic E-state index is -1.75. The molecule has 132 valence electrons. The Kier molecular flexibility index (Phi) is 4.65. The molecule has 26 heavy (non-hydrogen) atoms. The van der Waals surface area contributed by atoms with Gasteiger partial charge in [-0.3, -0.25) is 14.6 Å². The molecule has 0 saturated heterocycles. The van der Waals surface area contributed by atoms with E-state index >= 15 is 0 Å². The molecule has 2 heterocycles. The lowest BCUT2D eigenvalue weighted by molar-refractivity contribution is -0.133. The van der Waals surface area contributed by atoms with Crippen LogP contribution in [0.25, 0.3) is 5.69 Å². The molecule has 0 aliphatic carbocycles. The minimum absolute atomic E-state index is 0.202. The van der Waals surface area contributed by atoms with Crippen molar-refractivity contribution in [2.24, 2.45) is 0 Å². The van der Waals surface area contributed by atoms with Crippen molar-refractivity contribution in [1.29, 1.82) is 0 Å². The smallest absolute Gasteiger partial charge is 0.314 e. The van der Waals surface area contributed by atoms with Crippen molar-refractivity contribution in [3.8, 4) is 5.69 Å². The quantitative estimate of drug-likeness (QED) is 0.553. The summed E-state index contributed by atoms with van der Waals surface area (Å²) in [5.41, 5.74) is 0.220. The van der Waals surface area contributed by atoms with E-state index in [4.69, 9.17) is 0 Å². The van der Waals surface area contributed by atoms with E-state index in [-0.39, 0.29) is 5.69 Å². The van der Waals surface area contributed by atoms with Crippen LogP contribution in [0.1, 0.15) is 0 Å². The number of carbonyl (C=O) groups is 2. The minimum Gasteiger partial charge on any atom is -0.315 e. The van der Waals surface area contributed by atoms with Gasteiger partial charge in [-0.25, -0.2) is 17.9 Å². The van der Waals surface area contributed by atoms with E-state index in [9.17, 15) is 22.8 Å². The summed E-state index contributed by atoms with van der Waals surface area (Å²) >= 11 is 0. The predicted octanol–water partition coefficient (Wildman–Crippen LogP) is 2.26. The van der Waals surface area contributed by atoms with Crippen molar-refractivity contribution < 1.29 is 22.8 Å². The summed E-state index contributed by atoms with van der Waals surface area (Å²) in [4.78, 5) is 27.5. The molecule has 10 heteroatoms. The molecule has 0 atom stereocenters. The summed E-state index contributed by atoms with van der Waals surface area (Å²) in [6.45, 7) is 0. The third kappa shape index (κ3) is 3.53. The van der Waals surface area contributed by atoms with E-state index < -0.39 is 35.0 Å². The lowest BCUT2D eigenvalue weighted by atomic mass is 10.2. The molecule has 7 nitrogen and oxygen atoms in total. The Bertz CT molecular complexity index is 975. The number of benzene rings is 1. The molecule has 0 unspecified atom stereocenters. The zero-order valence-corrected chi connectivity index (χ0v) is 12.9. The first-order valence-corrected chi connectivity index (χ1v) is 7.16. The summed E-state index contributed by atoms with van der Waals surface area (Å²) in [5.74, 6) is -7.15. The maximum Gasteiger partial charge on any atom is 0.314 e. The largest absolute Gasteiger partial charge is 0.315 e. The second-order valence-corrected chi connectivity index (χ2v) is 5.01. The first-order valence-electron chi connectivity index (χ1n) is 7.16. The fraction of sp³-hybridized carbons (Fsp3) is 0. The first-order chi connectivity index (χ1) is 12.5. The number of pyridine rings is 1. The number of rotatable bonds is 3. The average molecular weight is 361 g/mol. The first kappa shape index (κ1) is 17.1.